The van der Waals surface area contributed by atoms with Crippen molar-refractivity contribution in [1.82, 2.24) is 15.5 Å². The lowest BCUT2D eigenvalue weighted by atomic mass is 10.1. The van der Waals surface area contributed by atoms with E-state index in [0.29, 0.717) is 18.1 Å². The normalized spacial score (nSPS) is 12.0. The fraction of sp³-hybridized carbons (Fsp3) is 0.211. The zero-order valence-electron chi connectivity index (χ0n) is 14.1. The summed E-state index contributed by atoms with van der Waals surface area (Å²) >= 11 is 2.23. The highest BCUT2D eigenvalue weighted by Crippen LogP contribution is 2.18. The molecule has 5 nitrogen and oxygen atoms in total. The fourth-order valence-corrected chi connectivity index (χ4v) is 2.80. The van der Waals surface area contributed by atoms with E-state index in [1.54, 1.807) is 12.1 Å². The Balaban J connectivity index is 1.53. The van der Waals surface area contributed by atoms with Crippen molar-refractivity contribution in [1.29, 1.82) is 0 Å². The van der Waals surface area contributed by atoms with Gasteiger partial charge in [0.25, 0.3) is 0 Å². The summed E-state index contributed by atoms with van der Waals surface area (Å²) in [7, 11) is 0. The number of nitrogens with zero attached hydrogens (tertiary/aromatic N) is 2. The number of nitrogens with one attached hydrogen (secondary N) is 1. The van der Waals surface area contributed by atoms with E-state index in [1.165, 1.54) is 12.1 Å². The lowest BCUT2D eigenvalue weighted by Gasteiger charge is -2.13. The van der Waals surface area contributed by atoms with Crippen LogP contribution in [-0.4, -0.2) is 16.0 Å². The average Bonchev–Trinajstić information content (AvgIpc) is 3.10. The highest BCUT2D eigenvalue weighted by atomic mass is 127. The first-order valence-corrected chi connectivity index (χ1v) is 9.22. The van der Waals surface area contributed by atoms with E-state index < -0.39 is 0 Å². The molecule has 0 aliphatic heterocycles. The van der Waals surface area contributed by atoms with Gasteiger partial charge in [-0.2, -0.15) is 4.98 Å². The van der Waals surface area contributed by atoms with Gasteiger partial charge in [0.15, 0.2) is 0 Å². The van der Waals surface area contributed by atoms with Crippen LogP contribution >= 0.6 is 22.6 Å². The van der Waals surface area contributed by atoms with Gasteiger partial charge in [0.2, 0.25) is 17.6 Å². The summed E-state index contributed by atoms with van der Waals surface area (Å²) in [5, 5.41) is 6.83. The molecule has 1 aromatic heterocycles. The zero-order chi connectivity index (χ0) is 18.5. The van der Waals surface area contributed by atoms with Gasteiger partial charge in [-0.1, -0.05) is 29.4 Å². The molecule has 0 radical (unpaired) electrons. The summed E-state index contributed by atoms with van der Waals surface area (Å²) in [6.45, 7) is 1.85. The minimum Gasteiger partial charge on any atom is -0.350 e. The minimum atomic E-state index is -0.299. The van der Waals surface area contributed by atoms with Crippen molar-refractivity contribution in [2.45, 2.75) is 25.8 Å². The van der Waals surface area contributed by atoms with Gasteiger partial charge in [0.1, 0.15) is 5.82 Å². The Kier molecular flexibility index (Phi) is 5.97. The van der Waals surface area contributed by atoms with E-state index in [-0.39, 0.29) is 24.2 Å². The molecular weight excluding hydrogens is 448 g/mol. The van der Waals surface area contributed by atoms with Crippen LogP contribution < -0.4 is 5.32 Å². The Morgan fingerprint density at radius 3 is 2.58 bits per heavy atom. The molecule has 3 aromatic rings. The summed E-state index contributed by atoms with van der Waals surface area (Å²) in [4.78, 5) is 16.4. The average molecular weight is 465 g/mol. The zero-order valence-corrected chi connectivity index (χ0v) is 16.2. The number of rotatable bonds is 6. The van der Waals surface area contributed by atoms with Crippen molar-refractivity contribution in [2.24, 2.45) is 0 Å². The summed E-state index contributed by atoms with van der Waals surface area (Å²) in [5.41, 5.74) is 1.72. The smallest absolute Gasteiger partial charge is 0.227 e. The van der Waals surface area contributed by atoms with Gasteiger partial charge in [-0.15, -0.1) is 0 Å². The molecule has 1 atom stereocenters. The van der Waals surface area contributed by atoms with E-state index >= 15 is 0 Å². The standard InChI is InChI=1S/C19H17FIN3O2/c1-12(13-2-6-15(20)7-3-13)22-17(25)10-11-18-23-19(24-26-18)14-4-8-16(21)9-5-14/h2-9,12H,10-11H2,1H3,(H,22,25)/t12-/m0/s1. The molecule has 0 bridgehead atoms. The molecule has 0 spiro atoms. The van der Waals surface area contributed by atoms with E-state index in [0.717, 1.165) is 14.7 Å². The Labute approximate surface area is 164 Å². The largest absolute Gasteiger partial charge is 0.350 e. The molecule has 1 heterocycles. The predicted molar refractivity (Wildman–Crippen MR) is 104 cm³/mol. The molecule has 2 aromatic carbocycles. The Bertz CT molecular complexity index is 879. The van der Waals surface area contributed by atoms with Crippen molar-refractivity contribution < 1.29 is 13.7 Å². The first kappa shape index (κ1) is 18.5. The van der Waals surface area contributed by atoms with E-state index in [4.69, 9.17) is 4.52 Å². The Morgan fingerprint density at radius 1 is 1.19 bits per heavy atom. The molecule has 1 amide bonds. The van der Waals surface area contributed by atoms with Gasteiger partial charge in [0.05, 0.1) is 6.04 Å². The molecule has 0 aliphatic carbocycles. The van der Waals surface area contributed by atoms with E-state index in [9.17, 15) is 9.18 Å². The van der Waals surface area contributed by atoms with Crippen LogP contribution in [-0.2, 0) is 11.2 Å². The second kappa shape index (κ2) is 8.39. The minimum absolute atomic E-state index is 0.129. The molecule has 0 unspecified atom stereocenters. The summed E-state index contributed by atoms with van der Waals surface area (Å²) in [6, 6.07) is 13.7. The van der Waals surface area contributed by atoms with Crippen LogP contribution in [0.1, 0.15) is 30.8 Å². The van der Waals surface area contributed by atoms with E-state index in [1.807, 2.05) is 31.2 Å². The lowest BCUT2D eigenvalue weighted by Crippen LogP contribution is -2.26. The fourth-order valence-electron chi connectivity index (χ4n) is 2.44. The predicted octanol–water partition coefficient (Wildman–Crippen LogP) is 4.29. The van der Waals surface area contributed by atoms with Crippen LogP contribution in [0.2, 0.25) is 0 Å². The topological polar surface area (TPSA) is 68.0 Å². The van der Waals surface area contributed by atoms with Crippen molar-refractivity contribution in [2.75, 3.05) is 0 Å². The third kappa shape index (κ3) is 4.87. The van der Waals surface area contributed by atoms with E-state index in [2.05, 4.69) is 38.0 Å². The molecule has 134 valence electrons. The van der Waals surface area contributed by atoms with Crippen molar-refractivity contribution >= 4 is 28.5 Å². The second-order valence-electron chi connectivity index (χ2n) is 5.86. The number of aromatic nitrogens is 2. The maximum Gasteiger partial charge on any atom is 0.227 e. The monoisotopic (exact) mass is 465 g/mol. The van der Waals surface area contributed by atoms with Crippen LogP contribution in [0, 0.1) is 9.39 Å². The number of amides is 1. The molecular formula is C19H17FIN3O2. The van der Waals surface area contributed by atoms with Gasteiger partial charge in [-0.05, 0) is 59.3 Å². The number of hydrogen-bond acceptors (Lipinski definition) is 4. The number of hydrogen-bond donors (Lipinski definition) is 1. The van der Waals surface area contributed by atoms with Crippen LogP contribution in [0.4, 0.5) is 4.39 Å². The van der Waals surface area contributed by atoms with Gasteiger partial charge in [-0.25, -0.2) is 4.39 Å². The second-order valence-corrected chi connectivity index (χ2v) is 7.11. The molecule has 26 heavy (non-hydrogen) atoms. The SMILES string of the molecule is C[C@H](NC(=O)CCc1nc(-c2ccc(I)cc2)no1)c1ccc(F)cc1. The molecule has 0 fully saturated rings. The maximum absolute atomic E-state index is 13.0. The van der Waals surface area contributed by atoms with Crippen LogP contribution in [0.15, 0.2) is 53.1 Å². The number of benzene rings is 2. The summed E-state index contributed by atoms with van der Waals surface area (Å²) in [6.07, 6.45) is 0.596. The van der Waals surface area contributed by atoms with Crippen LogP contribution in [0.5, 0.6) is 0 Å². The van der Waals surface area contributed by atoms with Crippen LogP contribution in [0.25, 0.3) is 11.4 Å². The Hall–Kier alpha value is -2.29. The molecule has 7 heteroatoms. The summed E-state index contributed by atoms with van der Waals surface area (Å²) < 4.78 is 19.3. The van der Waals surface area contributed by atoms with Crippen molar-refractivity contribution in [3.63, 3.8) is 0 Å². The lowest BCUT2D eigenvalue weighted by molar-refractivity contribution is -0.121. The quantitative estimate of drug-likeness (QED) is 0.552. The molecule has 3 rings (SSSR count). The number of carbonyl (C=O) groups excluding carboxylic acids is 1. The highest BCUT2D eigenvalue weighted by molar-refractivity contribution is 14.1. The van der Waals surface area contributed by atoms with Gasteiger partial charge >= 0.3 is 0 Å². The Morgan fingerprint density at radius 2 is 1.88 bits per heavy atom. The number of aryl methyl sites for hydroxylation is 1. The van der Waals surface area contributed by atoms with Crippen molar-refractivity contribution in [3.8, 4) is 11.4 Å². The number of halogens is 2. The molecule has 0 saturated heterocycles. The number of carbonyl (C=O) groups is 1. The van der Waals surface area contributed by atoms with Gasteiger partial charge < -0.3 is 9.84 Å². The van der Waals surface area contributed by atoms with Gasteiger partial charge in [-0.3, -0.25) is 4.79 Å². The first-order chi connectivity index (χ1) is 12.5. The maximum atomic E-state index is 13.0. The molecule has 0 aliphatic rings. The highest BCUT2D eigenvalue weighted by Gasteiger charge is 2.13. The van der Waals surface area contributed by atoms with Gasteiger partial charge in [0, 0.05) is 22.0 Å². The summed E-state index contributed by atoms with van der Waals surface area (Å²) in [5.74, 6) is 0.503. The molecule has 1 N–H and O–H groups in total. The third-order valence-corrected chi connectivity index (χ3v) is 4.60. The van der Waals surface area contributed by atoms with Crippen LogP contribution in [0.3, 0.4) is 0 Å². The third-order valence-electron chi connectivity index (χ3n) is 3.88. The first-order valence-electron chi connectivity index (χ1n) is 8.14. The molecule has 0 saturated carbocycles. The van der Waals surface area contributed by atoms with Crippen molar-refractivity contribution in [3.05, 3.63) is 69.4 Å².